The summed E-state index contributed by atoms with van der Waals surface area (Å²) >= 11 is 0. The van der Waals surface area contributed by atoms with Gasteiger partial charge in [0.1, 0.15) is 12.3 Å². The molecule has 0 aliphatic carbocycles. The first kappa shape index (κ1) is 15.4. The van der Waals surface area contributed by atoms with Gasteiger partial charge in [-0.15, -0.1) is 0 Å². The highest BCUT2D eigenvalue weighted by Gasteiger charge is 2.32. The van der Waals surface area contributed by atoms with Gasteiger partial charge >= 0.3 is 0 Å². The van der Waals surface area contributed by atoms with Crippen LogP contribution in [0.4, 0.5) is 5.69 Å². The van der Waals surface area contributed by atoms with Gasteiger partial charge in [-0.1, -0.05) is 26.0 Å². The van der Waals surface area contributed by atoms with Gasteiger partial charge in [0.25, 0.3) is 5.91 Å². The Bertz CT molecular complexity index is 542. The molecular weight excluding hydrogens is 268 g/mol. The quantitative estimate of drug-likeness (QED) is 0.922. The van der Waals surface area contributed by atoms with Crippen LogP contribution >= 0.6 is 0 Å². The molecule has 0 bridgehead atoms. The minimum Gasteiger partial charge on any atom is -0.479 e. The number of ether oxygens (including phenoxy) is 1. The Morgan fingerprint density at radius 2 is 2.00 bits per heavy atom. The van der Waals surface area contributed by atoms with Gasteiger partial charge < -0.3 is 10.1 Å². The molecule has 1 N–H and O–H groups in total. The van der Waals surface area contributed by atoms with Crippen LogP contribution in [0.15, 0.2) is 24.3 Å². The Balaban J connectivity index is 2.15. The van der Waals surface area contributed by atoms with E-state index in [1.165, 1.54) is 4.90 Å². The van der Waals surface area contributed by atoms with Crippen molar-refractivity contribution < 1.29 is 14.3 Å². The second kappa shape index (κ2) is 6.16. The van der Waals surface area contributed by atoms with Crippen molar-refractivity contribution in [3.8, 4) is 5.75 Å². The molecule has 1 aromatic carbocycles. The molecule has 1 aliphatic rings. The topological polar surface area (TPSA) is 58.6 Å². The number of hydrogen-bond donors (Lipinski definition) is 1. The molecular formula is C16H22N2O3. The molecule has 1 aliphatic heterocycles. The van der Waals surface area contributed by atoms with Gasteiger partial charge in [-0.2, -0.15) is 0 Å². The molecule has 2 atom stereocenters. The summed E-state index contributed by atoms with van der Waals surface area (Å²) in [6, 6.07) is 7.34. The second-order valence-corrected chi connectivity index (χ2v) is 5.75. The Hall–Kier alpha value is -2.04. The molecule has 5 heteroatoms. The number of nitrogens with one attached hydrogen (secondary N) is 1. The van der Waals surface area contributed by atoms with Crippen LogP contribution in [0.1, 0.15) is 27.7 Å². The zero-order valence-corrected chi connectivity index (χ0v) is 12.9. The summed E-state index contributed by atoms with van der Waals surface area (Å²) in [5.74, 6) is 0.629. The highest BCUT2D eigenvalue weighted by atomic mass is 16.5. The van der Waals surface area contributed by atoms with E-state index in [9.17, 15) is 9.59 Å². The van der Waals surface area contributed by atoms with Gasteiger partial charge in [-0.25, -0.2) is 0 Å². The molecule has 0 aromatic heterocycles. The number of hydrogen-bond acceptors (Lipinski definition) is 3. The van der Waals surface area contributed by atoms with E-state index >= 15 is 0 Å². The third-order valence-electron chi connectivity index (χ3n) is 3.76. The van der Waals surface area contributed by atoms with Gasteiger partial charge in [0.2, 0.25) is 5.91 Å². The summed E-state index contributed by atoms with van der Waals surface area (Å²) in [4.78, 5) is 25.9. The fourth-order valence-electron chi connectivity index (χ4n) is 2.13. The number of fused-ring (bicyclic) bond motifs is 1. The lowest BCUT2D eigenvalue weighted by Crippen LogP contribution is -2.50. The number of rotatable bonds is 4. The van der Waals surface area contributed by atoms with E-state index in [-0.39, 0.29) is 24.4 Å². The minimum absolute atomic E-state index is 0.0145. The Kier molecular flexibility index (Phi) is 4.50. The zero-order chi connectivity index (χ0) is 15.6. The second-order valence-electron chi connectivity index (χ2n) is 5.75. The molecule has 0 radical (unpaired) electrons. The van der Waals surface area contributed by atoms with E-state index in [0.717, 1.165) is 0 Å². The van der Waals surface area contributed by atoms with Crippen molar-refractivity contribution in [1.82, 2.24) is 5.32 Å². The van der Waals surface area contributed by atoms with Crippen LogP contribution in [0.2, 0.25) is 0 Å². The first-order valence-electron chi connectivity index (χ1n) is 7.26. The lowest BCUT2D eigenvalue weighted by molar-refractivity contribution is -0.128. The molecule has 1 heterocycles. The maximum absolute atomic E-state index is 12.3. The number of para-hydroxylation sites is 2. The Morgan fingerprint density at radius 3 is 2.67 bits per heavy atom. The van der Waals surface area contributed by atoms with E-state index in [0.29, 0.717) is 17.4 Å². The van der Waals surface area contributed by atoms with Crippen molar-refractivity contribution >= 4 is 17.5 Å². The predicted molar refractivity (Wildman–Crippen MR) is 81.3 cm³/mol. The maximum Gasteiger partial charge on any atom is 0.268 e. The smallest absolute Gasteiger partial charge is 0.268 e. The third kappa shape index (κ3) is 3.35. The molecule has 1 aromatic rings. The number of amides is 2. The lowest BCUT2D eigenvalue weighted by atomic mass is 10.1. The molecule has 5 nitrogen and oxygen atoms in total. The fraction of sp³-hybridized carbons (Fsp3) is 0.500. The van der Waals surface area contributed by atoms with E-state index in [4.69, 9.17) is 4.74 Å². The average Bonchev–Trinajstić information content (AvgIpc) is 2.43. The van der Waals surface area contributed by atoms with Crippen LogP contribution in [0, 0.1) is 5.92 Å². The predicted octanol–water partition coefficient (Wildman–Crippen LogP) is 1.96. The summed E-state index contributed by atoms with van der Waals surface area (Å²) in [5.41, 5.74) is 0.646. The third-order valence-corrected chi connectivity index (χ3v) is 3.76. The van der Waals surface area contributed by atoms with Crippen molar-refractivity contribution in [1.29, 1.82) is 0 Å². The molecule has 21 heavy (non-hydrogen) atoms. The lowest BCUT2D eigenvalue weighted by Gasteiger charge is -2.32. The summed E-state index contributed by atoms with van der Waals surface area (Å²) in [6.07, 6.45) is -0.574. The van der Waals surface area contributed by atoms with Crippen LogP contribution in [-0.2, 0) is 9.59 Å². The van der Waals surface area contributed by atoms with Gasteiger partial charge in [-0.05, 0) is 31.9 Å². The molecule has 0 spiro atoms. The summed E-state index contributed by atoms with van der Waals surface area (Å²) in [7, 11) is 0. The molecule has 0 saturated carbocycles. The molecule has 2 rings (SSSR count). The summed E-state index contributed by atoms with van der Waals surface area (Å²) in [6.45, 7) is 7.76. The van der Waals surface area contributed by atoms with Crippen LogP contribution in [-0.4, -0.2) is 30.5 Å². The van der Waals surface area contributed by atoms with E-state index in [2.05, 4.69) is 5.32 Å². The summed E-state index contributed by atoms with van der Waals surface area (Å²) in [5, 5.41) is 2.92. The average molecular weight is 290 g/mol. The summed E-state index contributed by atoms with van der Waals surface area (Å²) < 4.78 is 5.55. The van der Waals surface area contributed by atoms with E-state index < -0.39 is 6.10 Å². The molecule has 0 unspecified atom stereocenters. The van der Waals surface area contributed by atoms with Gasteiger partial charge in [0.15, 0.2) is 6.10 Å². The molecule has 0 fully saturated rings. The van der Waals surface area contributed by atoms with Gasteiger partial charge in [-0.3, -0.25) is 14.5 Å². The standard InChI is InChI=1S/C16H22N2O3/c1-10(2)11(3)17-15(19)9-18-13-7-5-6-8-14(13)21-12(4)16(18)20/h5-8,10-12H,9H2,1-4H3,(H,17,19)/t11-,12+/m0/s1. The van der Waals surface area contributed by atoms with Crippen molar-refractivity contribution in [3.63, 3.8) is 0 Å². The van der Waals surface area contributed by atoms with Crippen molar-refractivity contribution in [2.75, 3.05) is 11.4 Å². The SMILES string of the molecule is CC(C)[C@H](C)NC(=O)CN1C(=O)[C@@H](C)Oc2ccccc21. The fourth-order valence-corrected chi connectivity index (χ4v) is 2.13. The largest absolute Gasteiger partial charge is 0.479 e. The van der Waals surface area contributed by atoms with E-state index in [1.807, 2.05) is 32.9 Å². The van der Waals surface area contributed by atoms with Gasteiger partial charge in [0.05, 0.1) is 5.69 Å². The number of anilines is 1. The van der Waals surface area contributed by atoms with Crippen LogP contribution in [0.5, 0.6) is 5.75 Å². The Labute approximate surface area is 125 Å². The van der Waals surface area contributed by atoms with Crippen LogP contribution in [0.25, 0.3) is 0 Å². The van der Waals surface area contributed by atoms with Crippen LogP contribution < -0.4 is 15.0 Å². The van der Waals surface area contributed by atoms with Crippen LogP contribution in [0.3, 0.4) is 0 Å². The van der Waals surface area contributed by atoms with Crippen molar-refractivity contribution in [2.45, 2.75) is 39.8 Å². The van der Waals surface area contributed by atoms with Gasteiger partial charge in [0, 0.05) is 6.04 Å². The number of benzene rings is 1. The number of nitrogens with zero attached hydrogens (tertiary/aromatic N) is 1. The normalized spacial score (nSPS) is 19.0. The van der Waals surface area contributed by atoms with E-state index in [1.54, 1.807) is 19.1 Å². The number of carbonyl (C=O) groups excluding carboxylic acids is 2. The first-order chi connectivity index (χ1) is 9.90. The monoisotopic (exact) mass is 290 g/mol. The maximum atomic E-state index is 12.3. The molecule has 0 saturated heterocycles. The molecule has 2 amide bonds. The Morgan fingerprint density at radius 1 is 1.33 bits per heavy atom. The minimum atomic E-state index is -0.574. The highest BCUT2D eigenvalue weighted by molar-refractivity contribution is 6.03. The first-order valence-corrected chi connectivity index (χ1v) is 7.26. The molecule has 114 valence electrons. The number of carbonyl (C=O) groups is 2. The van der Waals surface area contributed by atoms with Crippen molar-refractivity contribution in [3.05, 3.63) is 24.3 Å². The zero-order valence-electron chi connectivity index (χ0n) is 12.9. The highest BCUT2D eigenvalue weighted by Crippen LogP contribution is 2.33. The van der Waals surface area contributed by atoms with Crippen molar-refractivity contribution in [2.24, 2.45) is 5.92 Å².